The number of amides is 1. The van der Waals surface area contributed by atoms with E-state index in [1.165, 1.54) is 0 Å². The van der Waals surface area contributed by atoms with Gasteiger partial charge >= 0.3 is 0 Å². The van der Waals surface area contributed by atoms with Crippen molar-refractivity contribution in [3.05, 3.63) is 17.7 Å². The second-order valence-corrected chi connectivity index (χ2v) is 4.35. The molecule has 0 fully saturated rings. The van der Waals surface area contributed by atoms with Crippen LogP contribution >= 0.6 is 0 Å². The second-order valence-electron chi connectivity index (χ2n) is 4.35. The predicted molar refractivity (Wildman–Crippen MR) is 67.2 cm³/mol. The number of rotatable bonds is 6. The van der Waals surface area contributed by atoms with Crippen LogP contribution in [0.5, 0.6) is 0 Å². The Bertz CT molecular complexity index is 360. The number of carbonyl (C=O) groups excluding carboxylic acids is 1. The third-order valence-electron chi connectivity index (χ3n) is 3.58. The Morgan fingerprint density at radius 2 is 2.18 bits per heavy atom. The number of aryl methyl sites for hydroxylation is 1. The largest absolute Gasteiger partial charge is 0.350 e. The molecule has 17 heavy (non-hydrogen) atoms. The highest BCUT2D eigenvalue weighted by molar-refractivity contribution is 5.82. The number of imidazole rings is 1. The first-order valence-electron chi connectivity index (χ1n) is 6.06. The van der Waals surface area contributed by atoms with Gasteiger partial charge in [0, 0.05) is 12.2 Å². The van der Waals surface area contributed by atoms with Gasteiger partial charge in [0.1, 0.15) is 0 Å². The summed E-state index contributed by atoms with van der Waals surface area (Å²) in [6, 6.07) is 0. The van der Waals surface area contributed by atoms with Gasteiger partial charge in [-0.15, -0.1) is 0 Å². The number of carbonyl (C=O) groups is 1. The first kappa shape index (κ1) is 13.7. The molecule has 5 heteroatoms. The van der Waals surface area contributed by atoms with Crippen molar-refractivity contribution in [2.24, 2.45) is 11.1 Å². The molecule has 1 amide bonds. The van der Waals surface area contributed by atoms with E-state index >= 15 is 0 Å². The highest BCUT2D eigenvalue weighted by Crippen LogP contribution is 2.25. The molecule has 96 valence electrons. The molecule has 1 aromatic rings. The number of nitrogens with one attached hydrogen (secondary N) is 2. The van der Waals surface area contributed by atoms with Gasteiger partial charge in [0.05, 0.1) is 24.0 Å². The van der Waals surface area contributed by atoms with Gasteiger partial charge in [-0.05, 0) is 19.8 Å². The van der Waals surface area contributed by atoms with Crippen molar-refractivity contribution < 1.29 is 4.79 Å². The normalized spacial score (nSPS) is 11.5. The molecule has 0 spiro atoms. The van der Waals surface area contributed by atoms with Crippen molar-refractivity contribution in [3.63, 3.8) is 0 Å². The van der Waals surface area contributed by atoms with Crippen molar-refractivity contribution in [2.75, 3.05) is 6.54 Å². The van der Waals surface area contributed by atoms with Gasteiger partial charge in [-0.2, -0.15) is 0 Å². The van der Waals surface area contributed by atoms with Gasteiger partial charge in [-0.3, -0.25) is 4.79 Å². The summed E-state index contributed by atoms with van der Waals surface area (Å²) in [7, 11) is 0. The maximum absolute atomic E-state index is 12.1. The molecule has 0 radical (unpaired) electrons. The predicted octanol–water partition coefficient (Wildman–Crippen LogP) is 1.10. The minimum atomic E-state index is -0.440. The Balaban J connectivity index is 2.63. The fraction of sp³-hybridized carbons (Fsp3) is 0.667. The molecule has 5 nitrogen and oxygen atoms in total. The summed E-state index contributed by atoms with van der Waals surface area (Å²) >= 11 is 0. The summed E-state index contributed by atoms with van der Waals surface area (Å²) in [6.07, 6.45) is 3.14. The average Bonchev–Trinajstić information content (AvgIpc) is 2.75. The second kappa shape index (κ2) is 5.82. The monoisotopic (exact) mass is 238 g/mol. The zero-order chi connectivity index (χ0) is 12.9. The van der Waals surface area contributed by atoms with Gasteiger partial charge < -0.3 is 16.0 Å². The standard InChI is InChI=1S/C12H22N4O/c1-4-12(5-2,7-13)11(17)14-6-10-9(3)15-8-16-10/h8H,4-7,13H2,1-3H3,(H,14,17)(H,15,16). The van der Waals surface area contributed by atoms with Crippen LogP contribution in [0.2, 0.25) is 0 Å². The third-order valence-corrected chi connectivity index (χ3v) is 3.58. The van der Waals surface area contributed by atoms with Gasteiger partial charge in [0.2, 0.25) is 5.91 Å². The third kappa shape index (κ3) is 2.85. The molecule has 0 saturated heterocycles. The number of aromatic nitrogens is 2. The molecule has 0 unspecified atom stereocenters. The summed E-state index contributed by atoms with van der Waals surface area (Å²) < 4.78 is 0. The highest BCUT2D eigenvalue weighted by Gasteiger charge is 2.33. The van der Waals surface area contributed by atoms with Crippen LogP contribution in [0.1, 0.15) is 38.1 Å². The molecular formula is C12H22N4O. The molecule has 1 rings (SSSR count). The first-order valence-corrected chi connectivity index (χ1v) is 6.06. The topological polar surface area (TPSA) is 83.8 Å². The Hall–Kier alpha value is -1.36. The lowest BCUT2D eigenvalue weighted by Gasteiger charge is -2.28. The maximum Gasteiger partial charge on any atom is 0.227 e. The van der Waals surface area contributed by atoms with Crippen LogP contribution in [0.3, 0.4) is 0 Å². The van der Waals surface area contributed by atoms with Crippen LogP contribution in [0.15, 0.2) is 6.33 Å². The molecule has 0 atom stereocenters. The minimum Gasteiger partial charge on any atom is -0.350 e. The molecule has 0 aliphatic heterocycles. The van der Waals surface area contributed by atoms with Crippen LogP contribution in [-0.2, 0) is 11.3 Å². The molecule has 0 aliphatic rings. The molecule has 0 bridgehead atoms. The van der Waals surface area contributed by atoms with E-state index in [1.807, 2.05) is 20.8 Å². The lowest BCUT2D eigenvalue weighted by molar-refractivity contribution is -0.131. The average molecular weight is 238 g/mol. The number of aromatic amines is 1. The van der Waals surface area contributed by atoms with Gasteiger partial charge in [-0.25, -0.2) is 4.98 Å². The molecule has 1 heterocycles. The number of hydrogen-bond donors (Lipinski definition) is 3. The van der Waals surface area contributed by atoms with Crippen molar-refractivity contribution in [1.29, 1.82) is 0 Å². The Kier molecular flexibility index (Phi) is 4.69. The van der Waals surface area contributed by atoms with Crippen LogP contribution in [0, 0.1) is 12.3 Å². The van der Waals surface area contributed by atoms with E-state index in [2.05, 4.69) is 15.3 Å². The van der Waals surface area contributed by atoms with E-state index < -0.39 is 5.41 Å². The fourth-order valence-corrected chi connectivity index (χ4v) is 1.87. The van der Waals surface area contributed by atoms with Crippen LogP contribution in [0.25, 0.3) is 0 Å². The summed E-state index contributed by atoms with van der Waals surface area (Å²) in [5, 5.41) is 2.92. The number of nitrogens with two attached hydrogens (primary N) is 1. The maximum atomic E-state index is 12.1. The van der Waals surface area contributed by atoms with Gasteiger partial charge in [0.25, 0.3) is 0 Å². The smallest absolute Gasteiger partial charge is 0.227 e. The lowest BCUT2D eigenvalue weighted by Crippen LogP contribution is -2.45. The van der Waals surface area contributed by atoms with Crippen LogP contribution in [-0.4, -0.2) is 22.4 Å². The minimum absolute atomic E-state index is 0.0207. The van der Waals surface area contributed by atoms with E-state index in [-0.39, 0.29) is 5.91 Å². The Morgan fingerprint density at radius 1 is 1.53 bits per heavy atom. The van der Waals surface area contributed by atoms with E-state index in [4.69, 9.17) is 5.73 Å². The van der Waals surface area contributed by atoms with E-state index in [0.29, 0.717) is 13.1 Å². The van der Waals surface area contributed by atoms with Crippen LogP contribution < -0.4 is 11.1 Å². The molecular weight excluding hydrogens is 216 g/mol. The molecule has 0 saturated carbocycles. The molecule has 0 aromatic carbocycles. The summed E-state index contributed by atoms with van der Waals surface area (Å²) in [4.78, 5) is 19.3. The first-order chi connectivity index (χ1) is 8.09. The van der Waals surface area contributed by atoms with E-state index in [1.54, 1.807) is 6.33 Å². The summed E-state index contributed by atoms with van der Waals surface area (Å²) in [5.41, 5.74) is 7.14. The quantitative estimate of drug-likeness (QED) is 0.694. The molecule has 0 aliphatic carbocycles. The fourth-order valence-electron chi connectivity index (χ4n) is 1.87. The SMILES string of the molecule is CCC(CC)(CN)C(=O)NCc1nc[nH]c1C. The van der Waals surface area contributed by atoms with Crippen molar-refractivity contribution in [1.82, 2.24) is 15.3 Å². The van der Waals surface area contributed by atoms with E-state index in [0.717, 1.165) is 24.2 Å². The summed E-state index contributed by atoms with van der Waals surface area (Å²) in [5.74, 6) is 0.0207. The number of hydrogen-bond acceptors (Lipinski definition) is 3. The van der Waals surface area contributed by atoms with Gasteiger partial charge in [0.15, 0.2) is 0 Å². The lowest BCUT2D eigenvalue weighted by atomic mass is 9.81. The highest BCUT2D eigenvalue weighted by atomic mass is 16.2. The van der Waals surface area contributed by atoms with Gasteiger partial charge in [-0.1, -0.05) is 13.8 Å². The Labute approximate surface area is 102 Å². The molecule has 1 aromatic heterocycles. The van der Waals surface area contributed by atoms with Crippen LogP contribution in [0.4, 0.5) is 0 Å². The van der Waals surface area contributed by atoms with E-state index in [9.17, 15) is 4.79 Å². The summed E-state index contributed by atoms with van der Waals surface area (Å²) in [6.45, 7) is 6.76. The van der Waals surface area contributed by atoms with Crippen molar-refractivity contribution >= 4 is 5.91 Å². The van der Waals surface area contributed by atoms with Crippen molar-refractivity contribution in [3.8, 4) is 0 Å². The zero-order valence-corrected chi connectivity index (χ0v) is 10.8. The van der Waals surface area contributed by atoms with Crippen molar-refractivity contribution in [2.45, 2.75) is 40.2 Å². The number of H-pyrrole nitrogens is 1. The zero-order valence-electron chi connectivity index (χ0n) is 10.8. The number of nitrogens with zero attached hydrogens (tertiary/aromatic N) is 1. The Morgan fingerprint density at radius 3 is 2.59 bits per heavy atom. The molecule has 4 N–H and O–H groups in total.